The van der Waals surface area contributed by atoms with Gasteiger partial charge in [-0.15, -0.1) is 0 Å². The van der Waals surface area contributed by atoms with Gasteiger partial charge in [0.15, 0.2) is 0 Å². The third-order valence-corrected chi connectivity index (χ3v) is 5.96. The zero-order chi connectivity index (χ0) is 16.2. The molecule has 0 aliphatic carbocycles. The number of carbonyl (C=O) groups excluding carboxylic acids is 1. The van der Waals surface area contributed by atoms with Crippen molar-refractivity contribution in [1.29, 1.82) is 0 Å². The monoisotopic (exact) mass is 338 g/mol. The van der Waals surface area contributed by atoms with Crippen LogP contribution in [0.15, 0.2) is 24.3 Å². The lowest BCUT2D eigenvalue weighted by molar-refractivity contribution is -0.138. The summed E-state index contributed by atoms with van der Waals surface area (Å²) in [6.45, 7) is 2.78. The molecule has 3 rings (SSSR count). The second-order valence-corrected chi connectivity index (χ2v) is 7.98. The fourth-order valence-electron chi connectivity index (χ4n) is 3.35. The molecule has 0 aromatic heterocycles. The highest BCUT2D eigenvalue weighted by atomic mass is 32.2. The third-order valence-electron chi connectivity index (χ3n) is 4.69. The number of hydrogen-bond donors (Lipinski definition) is 0. The van der Waals surface area contributed by atoms with E-state index in [-0.39, 0.29) is 17.8 Å². The first kappa shape index (κ1) is 16.6. The summed E-state index contributed by atoms with van der Waals surface area (Å²) < 4.78 is 24.5. The molecule has 6 heteroatoms. The Morgan fingerprint density at radius 3 is 2.52 bits per heavy atom. The number of carbonyl (C=O) groups is 1. The summed E-state index contributed by atoms with van der Waals surface area (Å²) in [7, 11) is -0.768. The van der Waals surface area contributed by atoms with Crippen LogP contribution in [0, 0.1) is 5.82 Å². The number of benzene rings is 1. The molecule has 1 amide bonds. The summed E-state index contributed by atoms with van der Waals surface area (Å²) in [6.07, 6.45) is 3.03. The van der Waals surface area contributed by atoms with Gasteiger partial charge in [0.05, 0.1) is 6.04 Å². The Hall–Kier alpha value is -1.27. The predicted molar refractivity (Wildman–Crippen MR) is 88.9 cm³/mol. The Balaban J connectivity index is 1.67. The molecule has 0 spiro atoms. The van der Waals surface area contributed by atoms with Gasteiger partial charge < -0.3 is 4.90 Å². The summed E-state index contributed by atoms with van der Waals surface area (Å²) >= 11 is 0. The van der Waals surface area contributed by atoms with Gasteiger partial charge in [-0.1, -0.05) is 18.6 Å². The molecule has 0 N–H and O–H groups in total. The van der Waals surface area contributed by atoms with E-state index >= 15 is 0 Å². The van der Waals surface area contributed by atoms with Crippen LogP contribution in [-0.4, -0.2) is 57.1 Å². The van der Waals surface area contributed by atoms with Crippen LogP contribution in [0.2, 0.25) is 0 Å². The van der Waals surface area contributed by atoms with Crippen molar-refractivity contribution in [3.8, 4) is 0 Å². The Bertz CT molecular complexity index is 568. The fraction of sp³-hybridized carbons (Fsp3) is 0.588. The topological polar surface area (TPSA) is 40.6 Å². The second-order valence-electron chi connectivity index (χ2n) is 6.28. The highest BCUT2D eigenvalue weighted by Gasteiger charge is 2.33. The van der Waals surface area contributed by atoms with Gasteiger partial charge in [-0.2, -0.15) is 0 Å². The average molecular weight is 338 g/mol. The minimum Gasteiger partial charge on any atom is -0.339 e. The average Bonchev–Trinajstić information content (AvgIpc) is 2.57. The van der Waals surface area contributed by atoms with Crippen LogP contribution in [0.5, 0.6) is 0 Å². The number of halogens is 1. The lowest BCUT2D eigenvalue weighted by atomic mass is 9.99. The molecule has 23 heavy (non-hydrogen) atoms. The molecule has 1 aromatic carbocycles. The molecule has 126 valence electrons. The zero-order valence-electron chi connectivity index (χ0n) is 13.2. The molecule has 2 saturated heterocycles. The molecule has 1 atom stereocenters. The van der Waals surface area contributed by atoms with Gasteiger partial charge in [-0.3, -0.25) is 13.9 Å². The van der Waals surface area contributed by atoms with Crippen LogP contribution >= 0.6 is 0 Å². The van der Waals surface area contributed by atoms with Crippen molar-refractivity contribution in [3.05, 3.63) is 35.6 Å². The number of piperidine rings is 1. The Labute approximate surface area is 139 Å². The Morgan fingerprint density at radius 2 is 1.83 bits per heavy atom. The van der Waals surface area contributed by atoms with Crippen molar-refractivity contribution in [3.63, 3.8) is 0 Å². The van der Waals surface area contributed by atoms with Gasteiger partial charge in [0.25, 0.3) is 0 Å². The van der Waals surface area contributed by atoms with Gasteiger partial charge in [-0.25, -0.2) is 4.39 Å². The first-order valence-corrected chi connectivity index (χ1v) is 9.74. The van der Waals surface area contributed by atoms with Gasteiger partial charge in [0.2, 0.25) is 5.91 Å². The highest BCUT2D eigenvalue weighted by molar-refractivity contribution is 7.85. The molecular weight excluding hydrogens is 315 g/mol. The molecule has 2 fully saturated rings. The van der Waals surface area contributed by atoms with Crippen LogP contribution < -0.4 is 0 Å². The minimum atomic E-state index is -0.768. The van der Waals surface area contributed by atoms with Crippen molar-refractivity contribution in [1.82, 2.24) is 9.80 Å². The van der Waals surface area contributed by atoms with E-state index in [0.29, 0.717) is 31.1 Å². The van der Waals surface area contributed by atoms with Gasteiger partial charge in [0, 0.05) is 41.9 Å². The molecule has 4 nitrogen and oxygen atoms in total. The fourth-order valence-corrected chi connectivity index (χ4v) is 4.41. The zero-order valence-corrected chi connectivity index (χ0v) is 14.1. The van der Waals surface area contributed by atoms with Crippen LogP contribution in [0.1, 0.15) is 24.8 Å². The van der Waals surface area contributed by atoms with E-state index in [2.05, 4.69) is 4.90 Å². The summed E-state index contributed by atoms with van der Waals surface area (Å²) in [4.78, 5) is 16.9. The first-order chi connectivity index (χ1) is 11.1. The second kappa shape index (κ2) is 7.53. The quantitative estimate of drug-likeness (QED) is 0.843. The number of hydrogen-bond acceptors (Lipinski definition) is 3. The van der Waals surface area contributed by atoms with Crippen molar-refractivity contribution in [2.45, 2.75) is 31.8 Å². The summed E-state index contributed by atoms with van der Waals surface area (Å²) in [5, 5.41) is 0. The molecular formula is C17H23FN2O2S. The van der Waals surface area contributed by atoms with E-state index < -0.39 is 10.8 Å². The summed E-state index contributed by atoms with van der Waals surface area (Å²) in [5.74, 6) is 1.12. The normalized spacial score (nSPS) is 23.9. The molecule has 0 radical (unpaired) electrons. The number of amides is 1. The Morgan fingerprint density at radius 1 is 1.13 bits per heavy atom. The predicted octanol–water partition coefficient (Wildman–Crippen LogP) is 1.77. The minimum absolute atomic E-state index is 0.0969. The molecule has 2 aliphatic heterocycles. The number of rotatable bonds is 3. The maximum atomic E-state index is 13.0. The van der Waals surface area contributed by atoms with Crippen molar-refractivity contribution in [2.24, 2.45) is 0 Å². The highest BCUT2D eigenvalue weighted by Crippen LogP contribution is 2.22. The van der Waals surface area contributed by atoms with Crippen LogP contribution in [-0.2, 0) is 22.1 Å². The largest absolute Gasteiger partial charge is 0.339 e. The lowest BCUT2D eigenvalue weighted by Crippen LogP contribution is -2.53. The molecule has 1 aromatic rings. The molecule has 0 unspecified atom stereocenters. The summed E-state index contributed by atoms with van der Waals surface area (Å²) in [6, 6.07) is 6.41. The summed E-state index contributed by atoms with van der Waals surface area (Å²) in [5.41, 5.74) is 1.03. The van der Waals surface area contributed by atoms with Crippen molar-refractivity contribution >= 4 is 16.7 Å². The standard InChI is InChI=1S/C17H23FN2O2S/c18-15-6-4-14(5-7-15)13-20-8-2-1-3-16(20)17(21)19-9-11-23(22)12-10-19/h4-7,16H,1-3,8-13H2/t16-/m0/s1. The third kappa shape index (κ3) is 4.18. The number of likely N-dealkylation sites (tertiary alicyclic amines) is 1. The van der Waals surface area contributed by atoms with Gasteiger partial charge in [0.1, 0.15) is 5.82 Å². The van der Waals surface area contributed by atoms with Gasteiger partial charge >= 0.3 is 0 Å². The SMILES string of the molecule is O=C([C@@H]1CCCCN1Cc1ccc(F)cc1)N1CCS(=O)CC1. The van der Waals surface area contributed by atoms with Crippen LogP contribution in [0.4, 0.5) is 4.39 Å². The van der Waals surface area contributed by atoms with Crippen molar-refractivity contribution in [2.75, 3.05) is 31.1 Å². The van der Waals surface area contributed by atoms with Gasteiger partial charge in [-0.05, 0) is 37.1 Å². The maximum absolute atomic E-state index is 13.0. The number of nitrogens with zero attached hydrogens (tertiary/aromatic N) is 2. The van der Waals surface area contributed by atoms with E-state index in [4.69, 9.17) is 0 Å². The van der Waals surface area contributed by atoms with E-state index in [0.717, 1.165) is 31.4 Å². The molecule has 2 heterocycles. The maximum Gasteiger partial charge on any atom is 0.239 e. The molecule has 0 saturated carbocycles. The van der Waals surface area contributed by atoms with Crippen LogP contribution in [0.25, 0.3) is 0 Å². The van der Waals surface area contributed by atoms with E-state index in [9.17, 15) is 13.4 Å². The van der Waals surface area contributed by atoms with E-state index in [1.807, 2.05) is 4.90 Å². The molecule has 2 aliphatic rings. The lowest BCUT2D eigenvalue weighted by Gasteiger charge is -2.38. The van der Waals surface area contributed by atoms with Crippen LogP contribution in [0.3, 0.4) is 0 Å². The Kier molecular flexibility index (Phi) is 5.43. The first-order valence-electron chi connectivity index (χ1n) is 8.26. The smallest absolute Gasteiger partial charge is 0.239 e. The van der Waals surface area contributed by atoms with Crippen molar-refractivity contribution < 1.29 is 13.4 Å². The van der Waals surface area contributed by atoms with E-state index in [1.165, 1.54) is 12.1 Å². The van der Waals surface area contributed by atoms with E-state index in [1.54, 1.807) is 12.1 Å². The molecule has 0 bridgehead atoms.